The summed E-state index contributed by atoms with van der Waals surface area (Å²) >= 11 is 1.67. The Morgan fingerprint density at radius 1 is 1.04 bits per heavy atom. The van der Waals surface area contributed by atoms with E-state index in [4.69, 9.17) is 0 Å². The zero-order chi connectivity index (χ0) is 19.6. The number of carbonyl (C=O) groups is 3. The maximum Gasteiger partial charge on any atom is 0.261 e. The Morgan fingerprint density at radius 3 is 2.37 bits per heavy atom. The summed E-state index contributed by atoms with van der Waals surface area (Å²) in [5, 5.41) is 0. The van der Waals surface area contributed by atoms with E-state index in [1.165, 1.54) is 9.80 Å². The lowest BCUT2D eigenvalue weighted by atomic mass is 10.1. The molecule has 0 radical (unpaired) electrons. The van der Waals surface area contributed by atoms with E-state index >= 15 is 0 Å². The molecule has 0 bridgehead atoms. The molecule has 1 aliphatic heterocycles. The highest BCUT2D eigenvalue weighted by molar-refractivity contribution is 7.98. The van der Waals surface area contributed by atoms with Crippen molar-refractivity contribution in [2.45, 2.75) is 24.8 Å². The summed E-state index contributed by atoms with van der Waals surface area (Å²) < 4.78 is 0. The highest BCUT2D eigenvalue weighted by Gasteiger charge is 2.35. The number of imide groups is 1. The summed E-state index contributed by atoms with van der Waals surface area (Å²) in [5.41, 5.74) is 2.81. The number of rotatable bonds is 6. The molecule has 1 aliphatic rings. The summed E-state index contributed by atoms with van der Waals surface area (Å²) in [4.78, 5) is 41.3. The number of benzene rings is 2. The SMILES string of the molecule is CSc1ccc(CN(C)C(=O)CCN2C(=O)c3ccc(C)cc3C2=O)cc1. The van der Waals surface area contributed by atoms with Crippen LogP contribution in [0.15, 0.2) is 47.4 Å². The summed E-state index contributed by atoms with van der Waals surface area (Å²) in [5.74, 6) is -0.739. The van der Waals surface area contributed by atoms with E-state index in [2.05, 4.69) is 0 Å². The molecule has 0 aromatic heterocycles. The van der Waals surface area contributed by atoms with Crippen molar-refractivity contribution >= 4 is 29.5 Å². The Labute approximate surface area is 163 Å². The van der Waals surface area contributed by atoms with E-state index in [0.717, 1.165) is 11.1 Å². The predicted molar refractivity (Wildman–Crippen MR) is 106 cm³/mol. The molecule has 0 atom stereocenters. The van der Waals surface area contributed by atoms with Gasteiger partial charge in [-0.1, -0.05) is 23.8 Å². The molecule has 6 heteroatoms. The molecule has 0 aliphatic carbocycles. The number of carbonyl (C=O) groups excluding carboxylic acids is 3. The highest BCUT2D eigenvalue weighted by Crippen LogP contribution is 2.24. The van der Waals surface area contributed by atoms with Crippen LogP contribution >= 0.6 is 11.8 Å². The Bertz CT molecular complexity index is 893. The van der Waals surface area contributed by atoms with Crippen LogP contribution in [0.3, 0.4) is 0 Å². The molecule has 140 valence electrons. The lowest BCUT2D eigenvalue weighted by molar-refractivity contribution is -0.130. The van der Waals surface area contributed by atoms with Gasteiger partial charge in [0.25, 0.3) is 11.8 Å². The fourth-order valence-electron chi connectivity index (χ4n) is 3.10. The van der Waals surface area contributed by atoms with Gasteiger partial charge in [-0.3, -0.25) is 19.3 Å². The van der Waals surface area contributed by atoms with Crippen molar-refractivity contribution in [1.82, 2.24) is 9.80 Å². The van der Waals surface area contributed by atoms with Crippen LogP contribution in [0.2, 0.25) is 0 Å². The van der Waals surface area contributed by atoms with Crippen LogP contribution in [0.1, 0.15) is 38.3 Å². The first kappa shape index (κ1) is 19.2. The van der Waals surface area contributed by atoms with Crippen molar-refractivity contribution in [1.29, 1.82) is 0 Å². The van der Waals surface area contributed by atoms with Gasteiger partial charge in [0.05, 0.1) is 11.1 Å². The molecule has 0 N–H and O–H groups in total. The van der Waals surface area contributed by atoms with Crippen molar-refractivity contribution in [2.24, 2.45) is 0 Å². The zero-order valence-electron chi connectivity index (χ0n) is 15.7. The van der Waals surface area contributed by atoms with Gasteiger partial charge < -0.3 is 4.90 Å². The van der Waals surface area contributed by atoms with Gasteiger partial charge in [-0.25, -0.2) is 0 Å². The number of nitrogens with zero attached hydrogens (tertiary/aromatic N) is 2. The maximum absolute atomic E-state index is 12.5. The molecule has 0 fully saturated rings. The number of fused-ring (bicyclic) bond motifs is 1. The minimum atomic E-state index is -0.321. The van der Waals surface area contributed by atoms with E-state index in [1.54, 1.807) is 35.8 Å². The number of hydrogen-bond donors (Lipinski definition) is 0. The second-order valence-corrected chi connectivity index (χ2v) is 7.54. The van der Waals surface area contributed by atoms with Gasteiger partial charge >= 0.3 is 0 Å². The first-order chi connectivity index (χ1) is 12.9. The molecule has 2 aromatic carbocycles. The number of hydrogen-bond acceptors (Lipinski definition) is 4. The number of amides is 3. The van der Waals surface area contributed by atoms with Crippen molar-refractivity contribution in [3.05, 3.63) is 64.7 Å². The van der Waals surface area contributed by atoms with Crippen LogP contribution in [-0.4, -0.2) is 47.4 Å². The van der Waals surface area contributed by atoms with Gasteiger partial charge in [0.1, 0.15) is 0 Å². The standard InChI is InChI=1S/C21H22N2O3S/c1-14-4-9-17-18(12-14)21(26)23(20(17)25)11-10-19(24)22(2)13-15-5-7-16(27-3)8-6-15/h4-9,12H,10-11,13H2,1-3H3. The molecule has 2 aromatic rings. The third-order valence-electron chi connectivity index (χ3n) is 4.68. The molecule has 0 saturated carbocycles. The van der Waals surface area contributed by atoms with Gasteiger partial charge in [0, 0.05) is 31.5 Å². The minimum absolute atomic E-state index is 0.0972. The lowest BCUT2D eigenvalue weighted by Crippen LogP contribution is -2.35. The Morgan fingerprint density at radius 2 is 1.70 bits per heavy atom. The van der Waals surface area contributed by atoms with Crippen LogP contribution in [0, 0.1) is 6.92 Å². The average Bonchev–Trinajstić information content (AvgIpc) is 2.90. The van der Waals surface area contributed by atoms with E-state index in [-0.39, 0.29) is 30.7 Å². The fourth-order valence-corrected chi connectivity index (χ4v) is 3.51. The summed E-state index contributed by atoms with van der Waals surface area (Å²) in [7, 11) is 1.73. The molecular weight excluding hydrogens is 360 g/mol. The van der Waals surface area contributed by atoms with E-state index in [0.29, 0.717) is 17.7 Å². The van der Waals surface area contributed by atoms with Crippen LogP contribution in [-0.2, 0) is 11.3 Å². The average molecular weight is 382 g/mol. The zero-order valence-corrected chi connectivity index (χ0v) is 16.5. The van der Waals surface area contributed by atoms with Crippen LogP contribution in [0.4, 0.5) is 0 Å². The molecule has 0 unspecified atom stereocenters. The number of thioether (sulfide) groups is 1. The van der Waals surface area contributed by atoms with Crippen LogP contribution in [0.5, 0.6) is 0 Å². The molecule has 3 amide bonds. The monoisotopic (exact) mass is 382 g/mol. The smallest absolute Gasteiger partial charge is 0.261 e. The molecule has 5 nitrogen and oxygen atoms in total. The summed E-state index contributed by atoms with van der Waals surface area (Å²) in [6.45, 7) is 2.47. The van der Waals surface area contributed by atoms with E-state index < -0.39 is 0 Å². The predicted octanol–water partition coefficient (Wildman–Crippen LogP) is 3.36. The van der Waals surface area contributed by atoms with Gasteiger partial charge in [0.15, 0.2) is 0 Å². The second kappa shape index (κ2) is 7.96. The molecule has 27 heavy (non-hydrogen) atoms. The first-order valence-electron chi connectivity index (χ1n) is 8.74. The van der Waals surface area contributed by atoms with Crippen LogP contribution in [0.25, 0.3) is 0 Å². The number of aryl methyl sites for hydroxylation is 1. The molecule has 1 heterocycles. The van der Waals surface area contributed by atoms with Gasteiger partial charge in [0.2, 0.25) is 5.91 Å². The minimum Gasteiger partial charge on any atom is -0.341 e. The van der Waals surface area contributed by atoms with Crippen molar-refractivity contribution in [2.75, 3.05) is 19.8 Å². The molecular formula is C21H22N2O3S. The van der Waals surface area contributed by atoms with Crippen LogP contribution < -0.4 is 0 Å². The normalized spacial score (nSPS) is 13.1. The van der Waals surface area contributed by atoms with Gasteiger partial charge in [-0.2, -0.15) is 0 Å². The summed E-state index contributed by atoms with van der Waals surface area (Å²) in [6.07, 6.45) is 2.13. The van der Waals surface area contributed by atoms with Crippen molar-refractivity contribution < 1.29 is 14.4 Å². The second-order valence-electron chi connectivity index (χ2n) is 6.66. The lowest BCUT2D eigenvalue weighted by Gasteiger charge is -2.19. The van der Waals surface area contributed by atoms with Crippen molar-refractivity contribution in [3.8, 4) is 0 Å². The highest BCUT2D eigenvalue weighted by atomic mass is 32.2. The first-order valence-corrected chi connectivity index (χ1v) is 9.97. The van der Waals surface area contributed by atoms with E-state index in [1.807, 2.05) is 43.5 Å². The Balaban J connectivity index is 1.58. The molecule has 0 saturated heterocycles. The third-order valence-corrected chi connectivity index (χ3v) is 5.42. The summed E-state index contributed by atoms with van der Waals surface area (Å²) in [6, 6.07) is 13.3. The van der Waals surface area contributed by atoms with E-state index in [9.17, 15) is 14.4 Å². The third kappa shape index (κ3) is 4.06. The largest absolute Gasteiger partial charge is 0.341 e. The molecule has 3 rings (SSSR count). The van der Waals surface area contributed by atoms with Gasteiger partial charge in [-0.05, 0) is 43.0 Å². The fraction of sp³-hybridized carbons (Fsp3) is 0.286. The topological polar surface area (TPSA) is 57.7 Å². The molecule has 0 spiro atoms. The Kier molecular flexibility index (Phi) is 5.65. The van der Waals surface area contributed by atoms with Gasteiger partial charge in [-0.15, -0.1) is 11.8 Å². The Hall–Kier alpha value is -2.60. The maximum atomic E-state index is 12.5. The quantitative estimate of drug-likeness (QED) is 0.568. The van der Waals surface area contributed by atoms with Crippen molar-refractivity contribution in [3.63, 3.8) is 0 Å².